The predicted molar refractivity (Wildman–Crippen MR) is 96.4 cm³/mol. The van der Waals surface area contributed by atoms with Crippen LogP contribution in [0.25, 0.3) is 0 Å². The summed E-state index contributed by atoms with van der Waals surface area (Å²) in [5.41, 5.74) is 1.15. The standard InChI is InChI=1S/C20H28N2O3/c23-18(24)10-11-21-12-14-22(15-13-21)20(25)19(17-8-4-5-9-17)16-6-2-1-3-7-16/h1-3,6-7,17,19H,4-5,8-15H2,(H,23,24). The molecule has 1 unspecified atom stereocenters. The molecule has 0 aromatic heterocycles. The molecular formula is C20H28N2O3. The van der Waals surface area contributed by atoms with Gasteiger partial charge >= 0.3 is 5.97 Å². The lowest BCUT2D eigenvalue weighted by Crippen LogP contribution is -2.50. The smallest absolute Gasteiger partial charge is 0.304 e. The molecule has 1 heterocycles. The van der Waals surface area contributed by atoms with E-state index in [1.54, 1.807) is 0 Å². The number of carboxylic acid groups (broad SMARTS) is 1. The zero-order valence-corrected chi connectivity index (χ0v) is 14.8. The lowest BCUT2D eigenvalue weighted by atomic mass is 9.83. The van der Waals surface area contributed by atoms with Gasteiger partial charge in [-0.15, -0.1) is 0 Å². The fourth-order valence-electron chi connectivity index (χ4n) is 4.21. The van der Waals surface area contributed by atoms with E-state index in [0.29, 0.717) is 25.6 Å². The summed E-state index contributed by atoms with van der Waals surface area (Å²) in [7, 11) is 0. The Hall–Kier alpha value is -1.88. The van der Waals surface area contributed by atoms with Crippen molar-refractivity contribution in [3.8, 4) is 0 Å². The van der Waals surface area contributed by atoms with Crippen molar-refractivity contribution in [3.05, 3.63) is 35.9 Å². The van der Waals surface area contributed by atoms with Crippen LogP contribution in [0.15, 0.2) is 30.3 Å². The number of carboxylic acids is 1. The highest BCUT2D eigenvalue weighted by Crippen LogP contribution is 2.38. The lowest BCUT2D eigenvalue weighted by molar-refractivity contribution is -0.139. The number of hydrogen-bond acceptors (Lipinski definition) is 3. The van der Waals surface area contributed by atoms with Crippen molar-refractivity contribution < 1.29 is 14.7 Å². The van der Waals surface area contributed by atoms with Crippen LogP contribution in [0, 0.1) is 5.92 Å². The number of piperazine rings is 1. The summed E-state index contributed by atoms with van der Waals surface area (Å²) in [4.78, 5) is 28.1. The zero-order valence-electron chi connectivity index (χ0n) is 14.8. The molecule has 1 saturated carbocycles. The van der Waals surface area contributed by atoms with Crippen molar-refractivity contribution in [2.45, 2.75) is 38.0 Å². The summed E-state index contributed by atoms with van der Waals surface area (Å²) < 4.78 is 0. The van der Waals surface area contributed by atoms with Gasteiger partial charge < -0.3 is 10.0 Å². The molecule has 3 rings (SSSR count). The first-order chi connectivity index (χ1) is 12.1. The van der Waals surface area contributed by atoms with Gasteiger partial charge in [0.25, 0.3) is 0 Å². The predicted octanol–water partition coefficient (Wildman–Crippen LogP) is 2.58. The first kappa shape index (κ1) is 17.9. The molecule has 1 aliphatic carbocycles. The third-order valence-corrected chi connectivity index (χ3v) is 5.62. The Morgan fingerprint density at radius 1 is 1.04 bits per heavy atom. The maximum absolute atomic E-state index is 13.3. The number of nitrogens with zero attached hydrogens (tertiary/aromatic N) is 2. The number of amides is 1. The van der Waals surface area contributed by atoms with E-state index in [1.807, 2.05) is 23.1 Å². The normalized spacial score (nSPS) is 20.6. The van der Waals surface area contributed by atoms with Crippen LogP contribution in [0.4, 0.5) is 0 Å². The molecule has 0 bridgehead atoms. The second-order valence-electron chi connectivity index (χ2n) is 7.24. The monoisotopic (exact) mass is 344 g/mol. The molecule has 1 saturated heterocycles. The molecule has 0 spiro atoms. The highest BCUT2D eigenvalue weighted by Gasteiger charge is 2.35. The van der Waals surface area contributed by atoms with E-state index < -0.39 is 5.97 Å². The van der Waals surface area contributed by atoms with E-state index in [4.69, 9.17) is 5.11 Å². The molecule has 0 radical (unpaired) electrons. The molecular weight excluding hydrogens is 316 g/mol. The Kier molecular flexibility index (Phi) is 6.08. The van der Waals surface area contributed by atoms with Crippen LogP contribution in [-0.2, 0) is 9.59 Å². The third kappa shape index (κ3) is 4.60. The number of hydrogen-bond donors (Lipinski definition) is 1. The van der Waals surface area contributed by atoms with E-state index in [0.717, 1.165) is 31.5 Å². The SMILES string of the molecule is O=C(O)CCN1CCN(C(=O)C(c2ccccc2)C2CCCC2)CC1. The minimum Gasteiger partial charge on any atom is -0.481 e. The zero-order chi connectivity index (χ0) is 17.6. The number of benzene rings is 1. The van der Waals surface area contributed by atoms with Gasteiger partial charge in [0, 0.05) is 32.7 Å². The summed E-state index contributed by atoms with van der Waals surface area (Å²) in [6.07, 6.45) is 4.91. The average molecular weight is 344 g/mol. The van der Waals surface area contributed by atoms with Crippen molar-refractivity contribution in [1.82, 2.24) is 9.80 Å². The average Bonchev–Trinajstić information content (AvgIpc) is 3.15. The fourth-order valence-corrected chi connectivity index (χ4v) is 4.21. The second kappa shape index (κ2) is 8.48. The number of rotatable bonds is 6. The number of aliphatic carboxylic acids is 1. The molecule has 1 aromatic rings. The van der Waals surface area contributed by atoms with Crippen LogP contribution in [0.3, 0.4) is 0 Å². The van der Waals surface area contributed by atoms with Gasteiger partial charge in [0.1, 0.15) is 0 Å². The summed E-state index contributed by atoms with van der Waals surface area (Å²) in [6.45, 7) is 3.52. The van der Waals surface area contributed by atoms with Gasteiger partial charge in [0.15, 0.2) is 0 Å². The number of carbonyl (C=O) groups excluding carboxylic acids is 1. The van der Waals surface area contributed by atoms with Crippen molar-refractivity contribution >= 4 is 11.9 Å². The largest absolute Gasteiger partial charge is 0.481 e. The second-order valence-corrected chi connectivity index (χ2v) is 7.24. The van der Waals surface area contributed by atoms with Gasteiger partial charge in [0.2, 0.25) is 5.91 Å². The Labute approximate surface area is 149 Å². The van der Waals surface area contributed by atoms with E-state index in [1.165, 1.54) is 12.8 Å². The topological polar surface area (TPSA) is 60.9 Å². The maximum atomic E-state index is 13.3. The molecule has 1 aromatic carbocycles. The van der Waals surface area contributed by atoms with Crippen molar-refractivity contribution in [1.29, 1.82) is 0 Å². The quantitative estimate of drug-likeness (QED) is 0.862. The molecule has 25 heavy (non-hydrogen) atoms. The van der Waals surface area contributed by atoms with Crippen LogP contribution < -0.4 is 0 Å². The molecule has 1 N–H and O–H groups in total. The van der Waals surface area contributed by atoms with E-state index >= 15 is 0 Å². The van der Waals surface area contributed by atoms with E-state index in [-0.39, 0.29) is 18.2 Å². The Morgan fingerprint density at radius 3 is 2.28 bits per heavy atom. The first-order valence-corrected chi connectivity index (χ1v) is 9.43. The van der Waals surface area contributed by atoms with Crippen LogP contribution in [-0.4, -0.2) is 59.5 Å². The van der Waals surface area contributed by atoms with Gasteiger partial charge in [-0.1, -0.05) is 43.2 Å². The fraction of sp³-hybridized carbons (Fsp3) is 0.600. The van der Waals surface area contributed by atoms with E-state index in [9.17, 15) is 9.59 Å². The Balaban J connectivity index is 1.64. The summed E-state index contributed by atoms with van der Waals surface area (Å²) in [5, 5.41) is 8.81. The lowest BCUT2D eigenvalue weighted by Gasteiger charge is -2.37. The van der Waals surface area contributed by atoms with Crippen molar-refractivity contribution in [2.24, 2.45) is 5.92 Å². The van der Waals surface area contributed by atoms with Gasteiger partial charge in [-0.05, 0) is 24.3 Å². The van der Waals surface area contributed by atoms with Gasteiger partial charge in [0.05, 0.1) is 12.3 Å². The minimum atomic E-state index is -0.760. The van der Waals surface area contributed by atoms with Gasteiger partial charge in [-0.25, -0.2) is 0 Å². The summed E-state index contributed by atoms with van der Waals surface area (Å²) in [5.74, 6) is -0.0610. The number of carbonyl (C=O) groups is 2. The first-order valence-electron chi connectivity index (χ1n) is 9.43. The van der Waals surface area contributed by atoms with Crippen LogP contribution in [0.2, 0.25) is 0 Å². The van der Waals surface area contributed by atoms with Crippen LogP contribution in [0.1, 0.15) is 43.6 Å². The highest BCUT2D eigenvalue weighted by molar-refractivity contribution is 5.84. The molecule has 1 amide bonds. The molecule has 136 valence electrons. The Morgan fingerprint density at radius 2 is 1.68 bits per heavy atom. The van der Waals surface area contributed by atoms with Crippen molar-refractivity contribution in [3.63, 3.8) is 0 Å². The van der Waals surface area contributed by atoms with Crippen molar-refractivity contribution in [2.75, 3.05) is 32.7 Å². The van der Waals surface area contributed by atoms with Crippen LogP contribution >= 0.6 is 0 Å². The third-order valence-electron chi connectivity index (χ3n) is 5.62. The molecule has 2 aliphatic rings. The van der Waals surface area contributed by atoms with Gasteiger partial charge in [-0.3, -0.25) is 14.5 Å². The van der Waals surface area contributed by atoms with E-state index in [2.05, 4.69) is 17.0 Å². The summed E-state index contributed by atoms with van der Waals surface area (Å²) >= 11 is 0. The molecule has 1 aliphatic heterocycles. The minimum absolute atomic E-state index is 0.0192. The molecule has 2 fully saturated rings. The Bertz CT molecular complexity index is 576. The summed E-state index contributed by atoms with van der Waals surface area (Å²) in [6, 6.07) is 10.2. The molecule has 5 nitrogen and oxygen atoms in total. The highest BCUT2D eigenvalue weighted by atomic mass is 16.4. The van der Waals surface area contributed by atoms with Crippen LogP contribution in [0.5, 0.6) is 0 Å². The molecule has 5 heteroatoms. The molecule has 1 atom stereocenters. The van der Waals surface area contributed by atoms with Gasteiger partial charge in [-0.2, -0.15) is 0 Å². The maximum Gasteiger partial charge on any atom is 0.304 e.